The van der Waals surface area contributed by atoms with Gasteiger partial charge in [-0.1, -0.05) is 83.7 Å². The minimum absolute atomic E-state index is 0.0371. The molecule has 0 saturated heterocycles. The molecule has 21 heteroatoms. The monoisotopic (exact) mass is 1050 g/mol. The van der Waals surface area contributed by atoms with Gasteiger partial charge in [0.1, 0.15) is 23.7 Å². The lowest BCUT2D eigenvalue weighted by Gasteiger charge is -2.25. The van der Waals surface area contributed by atoms with Crippen LogP contribution in [0.1, 0.15) is 69.6 Å². The Labute approximate surface area is 417 Å². The number of benzene rings is 2. The Balaban J connectivity index is 0.000000479. The molecule has 67 heavy (non-hydrogen) atoms. The first-order valence-electron chi connectivity index (χ1n) is 21.1. The van der Waals surface area contributed by atoms with E-state index >= 15 is 0 Å². The molecule has 15 nitrogen and oxygen atoms in total. The van der Waals surface area contributed by atoms with Crippen molar-refractivity contribution in [1.82, 2.24) is 4.90 Å². The van der Waals surface area contributed by atoms with Gasteiger partial charge in [0.25, 0.3) is 17.7 Å². The summed E-state index contributed by atoms with van der Waals surface area (Å²) in [6.45, 7) is 17.7. The smallest absolute Gasteiger partial charge is 0.349 e. The van der Waals surface area contributed by atoms with Crippen LogP contribution in [0.15, 0.2) is 77.9 Å². The highest BCUT2D eigenvalue weighted by molar-refractivity contribution is 7.57. The van der Waals surface area contributed by atoms with E-state index < -0.39 is 30.2 Å². The van der Waals surface area contributed by atoms with Crippen molar-refractivity contribution < 1.29 is 52.8 Å². The number of carboxylic acid groups (broad SMARTS) is 1. The molecule has 2 atom stereocenters. The van der Waals surface area contributed by atoms with Crippen LogP contribution in [0.4, 0.5) is 11.4 Å². The number of aryl methyl sites for hydroxylation is 2. The number of hydrogen-bond donors (Lipinski definition) is 3. The van der Waals surface area contributed by atoms with E-state index in [2.05, 4.69) is 20.1 Å². The van der Waals surface area contributed by atoms with Gasteiger partial charge in [-0.15, -0.1) is 24.8 Å². The molecule has 2 unspecified atom stereocenters. The van der Waals surface area contributed by atoms with E-state index in [1.165, 1.54) is 22.5 Å². The number of rotatable bonds is 19. The third-order valence-electron chi connectivity index (χ3n) is 9.56. The fourth-order valence-electron chi connectivity index (χ4n) is 6.26. The lowest BCUT2D eigenvalue weighted by Crippen LogP contribution is -2.35. The minimum atomic E-state index is -3.10. The number of esters is 1. The fourth-order valence-corrected chi connectivity index (χ4v) is 7.79. The summed E-state index contributed by atoms with van der Waals surface area (Å²) < 4.78 is 20.9. The zero-order chi connectivity index (χ0) is 51.0. The van der Waals surface area contributed by atoms with Gasteiger partial charge >= 0.3 is 11.9 Å². The number of hydrogen-bond acceptors (Lipinski definition) is 10. The Bertz CT molecular complexity index is 2140. The minimum Gasteiger partial charge on any atom is -0.480 e. The third kappa shape index (κ3) is 20.2. The molecule has 1 heterocycles. The number of carbonyl (C=O) groups excluding carboxylic acids is 5. The topological polar surface area (TPSA) is 214 Å². The number of ether oxygens (including phenoxy) is 2. The molecule has 0 aromatic heterocycles. The summed E-state index contributed by atoms with van der Waals surface area (Å²) in [7, 11) is -3.10. The molecule has 1 aliphatic heterocycles. The molecule has 1 aliphatic carbocycles. The summed E-state index contributed by atoms with van der Waals surface area (Å²) >= 11 is 28.6. The number of imide groups is 1. The fraction of sp³-hybridized carbons (Fsp3) is 0.435. The van der Waals surface area contributed by atoms with Crippen LogP contribution < -0.4 is 15.5 Å². The lowest BCUT2D eigenvalue weighted by molar-refractivity contribution is -0.139. The highest BCUT2D eigenvalue weighted by Gasteiger charge is 2.39. The highest BCUT2D eigenvalue weighted by atomic mass is 35.5. The maximum Gasteiger partial charge on any atom is 0.349 e. The number of nitrogens with zero attached hydrogens (tertiary/aromatic N) is 3. The van der Waals surface area contributed by atoms with E-state index in [0.717, 1.165) is 36.1 Å². The number of anilines is 2. The SMILES string of the molecule is C=CCN(CC=C)C(=O)C(Cl)Cl.CCOC(=O)/C(Cl)=C/c1cc(N2C(=O)C3=C(CCCC3)C2=O)ccc1Cl.CCOCN(C(=O)CCl)c1c(C)cccc1CC.CP(=O)(O)CCC(N)C(=O)O. The first-order valence-corrected chi connectivity index (χ1v) is 25.5. The van der Waals surface area contributed by atoms with Gasteiger partial charge in [0.15, 0.2) is 12.2 Å². The van der Waals surface area contributed by atoms with Crippen molar-refractivity contribution >= 4 is 118 Å². The van der Waals surface area contributed by atoms with Crippen LogP contribution in [-0.4, -0.2) is 113 Å². The van der Waals surface area contributed by atoms with E-state index in [4.69, 9.17) is 83.2 Å². The van der Waals surface area contributed by atoms with E-state index in [-0.39, 0.29) is 60.5 Å². The van der Waals surface area contributed by atoms with Gasteiger partial charge in [0, 0.05) is 48.7 Å². The number of carbonyl (C=O) groups is 6. The van der Waals surface area contributed by atoms with E-state index in [1.807, 2.05) is 32.0 Å². The van der Waals surface area contributed by atoms with Crippen molar-refractivity contribution in [2.45, 2.75) is 77.1 Å². The quantitative estimate of drug-likeness (QED) is 0.0229. The predicted octanol–water partition coefficient (Wildman–Crippen LogP) is 9.03. The van der Waals surface area contributed by atoms with Gasteiger partial charge < -0.3 is 30.1 Å². The Hall–Kier alpha value is -4.02. The van der Waals surface area contributed by atoms with Crippen molar-refractivity contribution in [3.63, 3.8) is 0 Å². The van der Waals surface area contributed by atoms with Gasteiger partial charge in [0.05, 0.1) is 18.0 Å². The van der Waals surface area contributed by atoms with Crippen LogP contribution in [-0.2, 0) is 49.2 Å². The standard InChI is InChI=1S/C19H17Cl2NO4.C14H20ClNO2.C8H11Cl2NO.C5H12NO4P/c1-2-26-19(25)16(21)10-11-9-12(7-8-15(11)20)22-17(23)13-5-3-4-6-14(13)18(22)24;1-4-12-8-6-7-11(3)14(12)16(10-18-5-2)13(17)9-15;1-3-5-11(6-4-2)8(12)7(9)10;1-11(9,10)3-2-4(6)5(7)8/h7-10H,2-6H2,1H3;6-8H,4-5,9-10H2,1-3H3;3-4,7H,1-2,5-6H2;4H,2-3,6H2,1H3,(H,7,8)(H,9,10)/b16-10-;;;. The highest BCUT2D eigenvalue weighted by Crippen LogP contribution is 2.37. The van der Waals surface area contributed by atoms with E-state index in [9.17, 15) is 33.3 Å². The van der Waals surface area contributed by atoms with Crippen LogP contribution in [0.3, 0.4) is 0 Å². The van der Waals surface area contributed by atoms with Gasteiger partial charge in [-0.25, -0.2) is 9.69 Å². The second-order valence-corrected chi connectivity index (χ2v) is 19.4. The summed E-state index contributed by atoms with van der Waals surface area (Å²) in [6, 6.07) is 9.73. The summed E-state index contributed by atoms with van der Waals surface area (Å²) in [5.41, 5.74) is 10.3. The first-order chi connectivity index (χ1) is 31.5. The molecule has 4 amide bonds. The number of nitrogens with two attached hydrogens (primary N) is 1. The third-order valence-corrected chi connectivity index (χ3v) is 11.9. The Morgan fingerprint density at radius 1 is 0.985 bits per heavy atom. The molecule has 0 fully saturated rings. The van der Waals surface area contributed by atoms with Crippen molar-refractivity contribution in [2.24, 2.45) is 5.73 Å². The average Bonchev–Trinajstić information content (AvgIpc) is 3.54. The average molecular weight is 1050 g/mol. The maximum atomic E-state index is 12.7. The number of aliphatic carboxylic acids is 1. The van der Waals surface area contributed by atoms with Crippen LogP contribution in [0, 0.1) is 6.92 Å². The molecule has 0 saturated carbocycles. The Morgan fingerprint density at radius 3 is 2.03 bits per heavy atom. The van der Waals surface area contributed by atoms with Crippen LogP contribution in [0.2, 0.25) is 5.02 Å². The van der Waals surface area contributed by atoms with Gasteiger partial charge in [-0.2, -0.15) is 0 Å². The molecule has 370 valence electrons. The lowest BCUT2D eigenvalue weighted by atomic mass is 9.93. The second kappa shape index (κ2) is 31.2. The maximum absolute atomic E-state index is 12.7. The number of carboxylic acids is 1. The van der Waals surface area contributed by atoms with Gasteiger partial charge in [-0.05, 0) is 100 Å². The van der Waals surface area contributed by atoms with E-state index in [0.29, 0.717) is 60.0 Å². The molecule has 4 N–H and O–H groups in total. The van der Waals surface area contributed by atoms with Gasteiger partial charge in [0.2, 0.25) is 5.91 Å². The number of halogens is 5. The summed E-state index contributed by atoms with van der Waals surface area (Å²) in [6.07, 6.45) is 8.54. The number of alkyl halides is 3. The van der Waals surface area contributed by atoms with Crippen molar-refractivity contribution in [2.75, 3.05) is 61.5 Å². The molecular formula is C46H60Cl5N4O11P. The largest absolute Gasteiger partial charge is 0.480 e. The molecule has 0 bridgehead atoms. The predicted molar refractivity (Wildman–Crippen MR) is 268 cm³/mol. The molecule has 0 radical (unpaired) electrons. The van der Waals surface area contributed by atoms with E-state index in [1.54, 1.807) is 42.2 Å². The molecule has 2 aliphatic rings. The molecule has 4 rings (SSSR count). The molecule has 2 aromatic rings. The Kier molecular flexibility index (Phi) is 28.4. The van der Waals surface area contributed by atoms with Crippen molar-refractivity contribution in [3.8, 4) is 0 Å². The Morgan fingerprint density at radius 2 is 1.57 bits per heavy atom. The summed E-state index contributed by atoms with van der Waals surface area (Å²) in [5.74, 6) is -2.85. The molecular weight excluding hydrogens is 993 g/mol. The molecule has 2 aromatic carbocycles. The number of para-hydroxylation sites is 1. The summed E-state index contributed by atoms with van der Waals surface area (Å²) in [5, 5.41) is 8.49. The van der Waals surface area contributed by atoms with Crippen molar-refractivity contribution in [3.05, 3.63) is 99.6 Å². The van der Waals surface area contributed by atoms with Crippen LogP contribution in [0.5, 0.6) is 0 Å². The number of amides is 4. The zero-order valence-corrected chi connectivity index (χ0v) is 43.0. The second-order valence-electron chi connectivity index (χ2n) is 14.7. The first kappa shape index (κ1) is 61.0. The zero-order valence-electron chi connectivity index (χ0n) is 38.3. The molecule has 0 spiro atoms. The van der Waals surface area contributed by atoms with Crippen molar-refractivity contribution in [1.29, 1.82) is 0 Å². The van der Waals surface area contributed by atoms with Crippen LogP contribution in [0.25, 0.3) is 6.08 Å². The normalized spacial score (nSPS) is 14.5. The summed E-state index contributed by atoms with van der Waals surface area (Å²) in [4.78, 5) is 82.3. The van der Waals surface area contributed by atoms with Crippen LogP contribution >= 0.6 is 65.4 Å². The van der Waals surface area contributed by atoms with Gasteiger partial charge in [-0.3, -0.25) is 33.4 Å².